The van der Waals surface area contributed by atoms with Gasteiger partial charge in [-0.2, -0.15) is 18.4 Å². The fourth-order valence-electron chi connectivity index (χ4n) is 1.61. The molecule has 4 nitrogen and oxygen atoms in total. The van der Waals surface area contributed by atoms with Crippen LogP contribution in [0.1, 0.15) is 16.8 Å². The van der Waals surface area contributed by atoms with Crippen LogP contribution in [0.4, 0.5) is 18.9 Å². The minimum atomic E-state index is -4.53. The van der Waals surface area contributed by atoms with E-state index in [9.17, 15) is 13.2 Å². The number of aromatic nitrogens is 2. The number of hydrogen-bond acceptors (Lipinski definition) is 4. The molecule has 20 heavy (non-hydrogen) atoms. The van der Waals surface area contributed by atoms with Gasteiger partial charge in [-0.15, -0.1) is 0 Å². The Morgan fingerprint density at radius 2 is 2.05 bits per heavy atom. The van der Waals surface area contributed by atoms with E-state index < -0.39 is 17.3 Å². The van der Waals surface area contributed by atoms with Crippen molar-refractivity contribution in [1.29, 1.82) is 5.26 Å². The van der Waals surface area contributed by atoms with Gasteiger partial charge in [0.1, 0.15) is 6.33 Å². The number of alkyl halides is 3. The van der Waals surface area contributed by atoms with Gasteiger partial charge < -0.3 is 5.32 Å². The van der Waals surface area contributed by atoms with E-state index in [0.29, 0.717) is 17.9 Å². The van der Waals surface area contributed by atoms with Crippen molar-refractivity contribution in [2.75, 3.05) is 5.32 Å². The quantitative estimate of drug-likeness (QED) is 0.937. The second-order valence-electron chi connectivity index (χ2n) is 3.92. The molecule has 1 aromatic carbocycles. The predicted molar refractivity (Wildman–Crippen MR) is 65.5 cm³/mol. The Labute approximate surface area is 112 Å². The largest absolute Gasteiger partial charge is 0.417 e. The summed E-state index contributed by atoms with van der Waals surface area (Å²) in [7, 11) is 0. The molecule has 0 aliphatic rings. The number of benzene rings is 1. The molecule has 7 heteroatoms. The number of nitrogens with one attached hydrogen (secondary N) is 1. The van der Waals surface area contributed by atoms with Crippen LogP contribution in [0, 0.1) is 11.3 Å². The standard InChI is InChI=1S/C13H9F3N4/c14-13(15,16)12-2-1-10(5-9(12)6-17)19-7-11-3-4-18-8-20-11/h1-5,8,19H,7H2. The van der Waals surface area contributed by atoms with Crippen LogP contribution in [0.25, 0.3) is 0 Å². The van der Waals surface area contributed by atoms with Crippen molar-refractivity contribution >= 4 is 5.69 Å². The Balaban J connectivity index is 2.17. The summed E-state index contributed by atoms with van der Waals surface area (Å²) >= 11 is 0. The normalized spacial score (nSPS) is 10.9. The highest BCUT2D eigenvalue weighted by molar-refractivity contribution is 5.53. The van der Waals surface area contributed by atoms with Crippen LogP contribution in [0.3, 0.4) is 0 Å². The smallest absolute Gasteiger partial charge is 0.379 e. The Morgan fingerprint density at radius 3 is 2.65 bits per heavy atom. The van der Waals surface area contributed by atoms with E-state index in [1.807, 2.05) is 0 Å². The highest BCUT2D eigenvalue weighted by Crippen LogP contribution is 2.33. The summed E-state index contributed by atoms with van der Waals surface area (Å²) in [6.45, 7) is 0.332. The lowest BCUT2D eigenvalue weighted by atomic mass is 10.1. The molecule has 1 aromatic heterocycles. The van der Waals surface area contributed by atoms with E-state index >= 15 is 0 Å². The van der Waals surface area contributed by atoms with Gasteiger partial charge in [-0.3, -0.25) is 0 Å². The molecule has 2 rings (SSSR count). The van der Waals surface area contributed by atoms with E-state index in [-0.39, 0.29) is 0 Å². The van der Waals surface area contributed by atoms with Gasteiger partial charge in [0.2, 0.25) is 0 Å². The number of nitrogens with zero attached hydrogens (tertiary/aromatic N) is 3. The van der Waals surface area contributed by atoms with Gasteiger partial charge in [0.15, 0.2) is 0 Å². The van der Waals surface area contributed by atoms with Crippen molar-refractivity contribution in [2.24, 2.45) is 0 Å². The van der Waals surface area contributed by atoms with Gasteiger partial charge in [-0.25, -0.2) is 9.97 Å². The molecule has 0 radical (unpaired) electrons. The molecule has 0 saturated heterocycles. The second-order valence-corrected chi connectivity index (χ2v) is 3.92. The van der Waals surface area contributed by atoms with Gasteiger partial charge in [0.25, 0.3) is 0 Å². The summed E-state index contributed by atoms with van der Waals surface area (Å²) in [6, 6.07) is 6.58. The van der Waals surface area contributed by atoms with Gasteiger partial charge in [-0.1, -0.05) is 0 Å². The van der Waals surface area contributed by atoms with E-state index in [0.717, 1.165) is 6.07 Å². The zero-order valence-corrected chi connectivity index (χ0v) is 10.1. The van der Waals surface area contributed by atoms with Crippen LogP contribution in [-0.2, 0) is 12.7 Å². The molecule has 0 spiro atoms. The summed E-state index contributed by atoms with van der Waals surface area (Å²) in [4.78, 5) is 7.73. The molecular weight excluding hydrogens is 269 g/mol. The molecule has 102 valence electrons. The number of rotatable bonds is 3. The van der Waals surface area contributed by atoms with E-state index in [4.69, 9.17) is 5.26 Å². The Bertz CT molecular complexity index is 632. The van der Waals surface area contributed by atoms with E-state index in [2.05, 4.69) is 15.3 Å². The van der Waals surface area contributed by atoms with Crippen LogP contribution < -0.4 is 5.32 Å². The van der Waals surface area contributed by atoms with Gasteiger partial charge in [0.05, 0.1) is 29.4 Å². The third kappa shape index (κ3) is 3.23. The van der Waals surface area contributed by atoms with Crippen molar-refractivity contribution in [3.63, 3.8) is 0 Å². The van der Waals surface area contributed by atoms with Crippen LogP contribution in [0.15, 0.2) is 36.8 Å². The first kappa shape index (κ1) is 13.8. The highest BCUT2D eigenvalue weighted by Gasteiger charge is 2.33. The van der Waals surface area contributed by atoms with Crippen LogP contribution in [0.2, 0.25) is 0 Å². The maximum atomic E-state index is 12.6. The second kappa shape index (κ2) is 5.57. The molecule has 2 aromatic rings. The molecule has 0 unspecified atom stereocenters. The summed E-state index contributed by atoms with van der Waals surface area (Å²) in [5.74, 6) is 0. The molecule has 0 aliphatic carbocycles. The summed E-state index contributed by atoms with van der Waals surface area (Å²) in [5, 5.41) is 11.7. The van der Waals surface area contributed by atoms with E-state index in [1.54, 1.807) is 18.3 Å². The Kier molecular flexibility index (Phi) is 3.84. The molecule has 1 heterocycles. The maximum Gasteiger partial charge on any atom is 0.417 e. The van der Waals surface area contributed by atoms with Crippen molar-refractivity contribution in [2.45, 2.75) is 12.7 Å². The summed E-state index contributed by atoms with van der Waals surface area (Å²) < 4.78 is 37.9. The number of hydrogen-bond donors (Lipinski definition) is 1. The van der Waals surface area contributed by atoms with Crippen molar-refractivity contribution in [1.82, 2.24) is 9.97 Å². The minimum Gasteiger partial charge on any atom is -0.379 e. The molecule has 0 saturated carbocycles. The van der Waals surface area contributed by atoms with Gasteiger partial charge >= 0.3 is 6.18 Å². The Hall–Kier alpha value is -2.62. The lowest BCUT2D eigenvalue weighted by molar-refractivity contribution is -0.137. The first-order valence-corrected chi connectivity index (χ1v) is 5.61. The van der Waals surface area contributed by atoms with E-state index in [1.165, 1.54) is 18.5 Å². The van der Waals surface area contributed by atoms with Crippen LogP contribution in [0.5, 0.6) is 0 Å². The minimum absolute atomic E-state index is 0.332. The molecule has 0 aliphatic heterocycles. The topological polar surface area (TPSA) is 61.6 Å². The third-order valence-corrected chi connectivity index (χ3v) is 2.56. The summed E-state index contributed by atoms with van der Waals surface area (Å²) in [6.07, 6.45) is -1.59. The van der Waals surface area contributed by atoms with Crippen LogP contribution in [-0.4, -0.2) is 9.97 Å². The van der Waals surface area contributed by atoms with Crippen molar-refractivity contribution < 1.29 is 13.2 Å². The number of halogens is 3. The first-order chi connectivity index (χ1) is 9.50. The SMILES string of the molecule is N#Cc1cc(NCc2ccncn2)ccc1C(F)(F)F. The van der Waals surface area contributed by atoms with Gasteiger partial charge in [0, 0.05) is 11.9 Å². The predicted octanol–water partition coefficient (Wildman–Crippen LogP) is 2.98. The average Bonchev–Trinajstić information content (AvgIpc) is 2.45. The van der Waals surface area contributed by atoms with Crippen LogP contribution >= 0.6 is 0 Å². The lowest BCUT2D eigenvalue weighted by Gasteiger charge is -2.11. The van der Waals surface area contributed by atoms with Crippen molar-refractivity contribution in [3.05, 3.63) is 53.6 Å². The molecular formula is C13H9F3N4. The zero-order valence-electron chi connectivity index (χ0n) is 10.1. The number of nitriles is 1. The van der Waals surface area contributed by atoms with Gasteiger partial charge in [-0.05, 0) is 24.3 Å². The highest BCUT2D eigenvalue weighted by atomic mass is 19.4. The average molecular weight is 278 g/mol. The maximum absolute atomic E-state index is 12.6. The zero-order chi connectivity index (χ0) is 14.6. The number of anilines is 1. The fraction of sp³-hybridized carbons (Fsp3) is 0.154. The lowest BCUT2D eigenvalue weighted by Crippen LogP contribution is -2.09. The third-order valence-electron chi connectivity index (χ3n) is 2.56. The first-order valence-electron chi connectivity index (χ1n) is 5.61. The molecule has 0 bridgehead atoms. The summed E-state index contributed by atoms with van der Waals surface area (Å²) in [5.41, 5.74) is -0.232. The monoisotopic (exact) mass is 278 g/mol. The molecule has 0 atom stereocenters. The fourth-order valence-corrected chi connectivity index (χ4v) is 1.61. The molecule has 0 fully saturated rings. The Morgan fingerprint density at radius 1 is 1.25 bits per heavy atom. The van der Waals surface area contributed by atoms with Crippen molar-refractivity contribution in [3.8, 4) is 6.07 Å². The molecule has 1 N–H and O–H groups in total. The molecule has 0 amide bonds.